The predicted molar refractivity (Wildman–Crippen MR) is 87.7 cm³/mol. The van der Waals surface area contributed by atoms with E-state index < -0.39 is 0 Å². The molecule has 5 heteroatoms. The molecule has 1 aromatic carbocycles. The minimum absolute atomic E-state index is 0.000125. The van der Waals surface area contributed by atoms with Crippen LogP contribution in [0.5, 0.6) is 0 Å². The number of benzene rings is 1. The smallest absolute Gasteiger partial charge is 0.156 e. The zero-order chi connectivity index (χ0) is 15.7. The summed E-state index contributed by atoms with van der Waals surface area (Å²) in [5.74, 6) is 5.49. The van der Waals surface area contributed by atoms with E-state index >= 15 is 0 Å². The fraction of sp³-hybridized carbons (Fsp3) is 0.438. The van der Waals surface area contributed by atoms with Crippen molar-refractivity contribution in [3.63, 3.8) is 0 Å². The van der Waals surface area contributed by atoms with Crippen molar-refractivity contribution in [3.8, 4) is 0 Å². The van der Waals surface area contributed by atoms with Crippen LogP contribution in [-0.2, 0) is 17.8 Å². The summed E-state index contributed by atoms with van der Waals surface area (Å²) in [5, 5.41) is 6.83. The van der Waals surface area contributed by atoms with Gasteiger partial charge in [0, 0.05) is 25.1 Å². The van der Waals surface area contributed by atoms with Crippen LogP contribution in [0.3, 0.4) is 0 Å². The van der Waals surface area contributed by atoms with Crippen molar-refractivity contribution in [2.75, 3.05) is 13.6 Å². The van der Waals surface area contributed by atoms with E-state index in [1.807, 2.05) is 33.0 Å². The number of nitrogens with two attached hydrogens (primary N) is 1. The number of nitrogens with zero attached hydrogens (tertiary/aromatic N) is 2. The topological polar surface area (TPSA) is 79.8 Å². The molecule has 1 aromatic rings. The Hall–Kier alpha value is -2.01. The second kappa shape index (κ2) is 9.02. The largest absolute Gasteiger partial charge is 0.323 e. The molecule has 0 aromatic heterocycles. The second-order valence-corrected chi connectivity index (χ2v) is 5.23. The molecule has 0 amide bonds. The quantitative estimate of drug-likeness (QED) is 0.433. The molecule has 3 N–H and O–H groups in total. The Kier molecular flexibility index (Phi) is 7.32. The van der Waals surface area contributed by atoms with Gasteiger partial charge in [-0.05, 0) is 18.2 Å². The molecule has 5 nitrogen and oxygen atoms in total. The molecule has 0 saturated carbocycles. The number of hydrogen-bond acceptors (Lipinski definition) is 5. The second-order valence-electron chi connectivity index (χ2n) is 5.23. The SMILES string of the molecule is CNCc1ccc(C/C(C=NCC(=O)C(C)C)=N/N)cc1. The van der Waals surface area contributed by atoms with Crippen molar-refractivity contribution in [1.29, 1.82) is 0 Å². The average Bonchev–Trinajstić information content (AvgIpc) is 2.48. The van der Waals surface area contributed by atoms with Crippen LogP contribution in [0.15, 0.2) is 34.4 Å². The molecule has 21 heavy (non-hydrogen) atoms. The molecule has 0 aliphatic carbocycles. The van der Waals surface area contributed by atoms with Gasteiger partial charge in [-0.2, -0.15) is 5.10 Å². The van der Waals surface area contributed by atoms with E-state index in [0.29, 0.717) is 12.1 Å². The van der Waals surface area contributed by atoms with Gasteiger partial charge in [-0.15, -0.1) is 0 Å². The molecule has 1 rings (SSSR count). The third-order valence-electron chi connectivity index (χ3n) is 3.09. The average molecular weight is 288 g/mol. The number of carbonyl (C=O) groups is 1. The lowest BCUT2D eigenvalue weighted by Crippen LogP contribution is -2.13. The summed E-state index contributed by atoms with van der Waals surface area (Å²) in [6.45, 7) is 4.75. The van der Waals surface area contributed by atoms with E-state index in [1.165, 1.54) is 5.56 Å². The van der Waals surface area contributed by atoms with Crippen LogP contribution in [-0.4, -0.2) is 31.3 Å². The van der Waals surface area contributed by atoms with Gasteiger partial charge >= 0.3 is 0 Å². The maximum atomic E-state index is 11.5. The Labute approximate surface area is 126 Å². The van der Waals surface area contributed by atoms with E-state index in [-0.39, 0.29) is 18.2 Å². The van der Waals surface area contributed by atoms with E-state index in [9.17, 15) is 4.79 Å². The van der Waals surface area contributed by atoms with Gasteiger partial charge in [0.25, 0.3) is 0 Å². The Morgan fingerprint density at radius 2 is 1.90 bits per heavy atom. The molecule has 0 unspecified atom stereocenters. The van der Waals surface area contributed by atoms with Crippen LogP contribution in [0.25, 0.3) is 0 Å². The summed E-state index contributed by atoms with van der Waals surface area (Å²) in [6.07, 6.45) is 2.19. The summed E-state index contributed by atoms with van der Waals surface area (Å²) in [6, 6.07) is 8.23. The van der Waals surface area contributed by atoms with Crippen LogP contribution in [0.1, 0.15) is 25.0 Å². The Bertz CT molecular complexity index is 504. The number of hydrazone groups is 1. The first-order valence-electron chi connectivity index (χ1n) is 7.08. The first-order valence-corrected chi connectivity index (χ1v) is 7.08. The number of nitrogens with one attached hydrogen (secondary N) is 1. The van der Waals surface area contributed by atoms with Gasteiger partial charge in [-0.1, -0.05) is 38.1 Å². The van der Waals surface area contributed by atoms with Crippen LogP contribution < -0.4 is 11.2 Å². The summed E-state index contributed by atoms with van der Waals surface area (Å²) in [7, 11) is 1.92. The van der Waals surface area contributed by atoms with E-state index in [1.54, 1.807) is 6.21 Å². The molecule has 0 bridgehead atoms. The number of rotatable bonds is 8. The summed E-state index contributed by atoms with van der Waals surface area (Å²) in [4.78, 5) is 15.6. The predicted octanol–water partition coefficient (Wildman–Crippen LogP) is 1.56. The van der Waals surface area contributed by atoms with Gasteiger partial charge < -0.3 is 11.2 Å². The highest BCUT2D eigenvalue weighted by Gasteiger charge is 2.05. The Morgan fingerprint density at radius 1 is 1.29 bits per heavy atom. The molecule has 0 radical (unpaired) electrons. The van der Waals surface area contributed by atoms with Crippen LogP contribution in [0.4, 0.5) is 0 Å². The molecule has 114 valence electrons. The van der Waals surface area contributed by atoms with Gasteiger partial charge in [-0.25, -0.2) is 0 Å². The fourth-order valence-corrected chi connectivity index (χ4v) is 1.74. The van der Waals surface area contributed by atoms with Gasteiger partial charge in [-0.3, -0.25) is 9.79 Å². The lowest BCUT2D eigenvalue weighted by atomic mass is 10.1. The first kappa shape index (κ1) is 17.0. The van der Waals surface area contributed by atoms with Crippen molar-refractivity contribution >= 4 is 17.7 Å². The number of aliphatic imine (C=N–C) groups is 1. The zero-order valence-electron chi connectivity index (χ0n) is 13.0. The van der Waals surface area contributed by atoms with Crippen molar-refractivity contribution < 1.29 is 4.79 Å². The standard InChI is InChI=1S/C16H24N4O/c1-12(2)16(21)11-19-10-15(20-17)8-13-4-6-14(7-5-13)9-18-3/h4-7,10,12,18H,8-9,11,17H2,1-3H3/b19-10?,20-15-. The number of hydrogen-bond donors (Lipinski definition) is 2. The van der Waals surface area contributed by atoms with Gasteiger partial charge in [0.05, 0.1) is 12.3 Å². The van der Waals surface area contributed by atoms with Crippen LogP contribution in [0.2, 0.25) is 0 Å². The van der Waals surface area contributed by atoms with E-state index in [4.69, 9.17) is 5.84 Å². The van der Waals surface area contributed by atoms with Gasteiger partial charge in [0.15, 0.2) is 5.78 Å². The molecule has 0 atom stereocenters. The van der Waals surface area contributed by atoms with Crippen LogP contribution in [0, 0.1) is 5.92 Å². The minimum atomic E-state index is 0.000125. The number of carbonyl (C=O) groups excluding carboxylic acids is 1. The molecule has 0 fully saturated rings. The lowest BCUT2D eigenvalue weighted by Gasteiger charge is -2.04. The molecule has 0 saturated heterocycles. The van der Waals surface area contributed by atoms with Crippen molar-refractivity contribution in [2.24, 2.45) is 21.9 Å². The van der Waals surface area contributed by atoms with Crippen molar-refractivity contribution in [2.45, 2.75) is 26.8 Å². The van der Waals surface area contributed by atoms with Gasteiger partial charge in [0.2, 0.25) is 0 Å². The number of ketones is 1. The summed E-state index contributed by atoms with van der Waals surface area (Å²) in [5.41, 5.74) is 3.00. The van der Waals surface area contributed by atoms with Gasteiger partial charge in [0.1, 0.15) is 0 Å². The highest BCUT2D eigenvalue weighted by atomic mass is 16.1. The molecule has 0 aliphatic rings. The fourth-order valence-electron chi connectivity index (χ4n) is 1.74. The van der Waals surface area contributed by atoms with E-state index in [2.05, 4.69) is 27.5 Å². The normalized spacial score (nSPS) is 12.3. The molecule has 0 aliphatic heterocycles. The summed E-state index contributed by atoms with van der Waals surface area (Å²) < 4.78 is 0. The monoisotopic (exact) mass is 288 g/mol. The molecule has 0 heterocycles. The molecular weight excluding hydrogens is 264 g/mol. The third-order valence-corrected chi connectivity index (χ3v) is 3.09. The highest BCUT2D eigenvalue weighted by molar-refractivity contribution is 6.31. The molecule has 0 spiro atoms. The highest BCUT2D eigenvalue weighted by Crippen LogP contribution is 2.05. The minimum Gasteiger partial charge on any atom is -0.323 e. The van der Waals surface area contributed by atoms with Crippen molar-refractivity contribution in [3.05, 3.63) is 35.4 Å². The Morgan fingerprint density at radius 3 is 2.43 bits per heavy atom. The molecular formula is C16H24N4O. The zero-order valence-corrected chi connectivity index (χ0v) is 13.0. The van der Waals surface area contributed by atoms with E-state index in [0.717, 1.165) is 12.1 Å². The lowest BCUT2D eigenvalue weighted by molar-refractivity contribution is -0.120. The van der Waals surface area contributed by atoms with Crippen LogP contribution >= 0.6 is 0 Å². The first-order chi connectivity index (χ1) is 10.1. The maximum absolute atomic E-state index is 11.5. The maximum Gasteiger partial charge on any atom is 0.156 e. The van der Waals surface area contributed by atoms with Crippen molar-refractivity contribution in [1.82, 2.24) is 5.32 Å². The third kappa shape index (κ3) is 6.31. The Balaban J connectivity index is 2.58. The summed E-state index contributed by atoms with van der Waals surface area (Å²) >= 11 is 0. The number of Topliss-reactive ketones (excluding diaryl/α,β-unsaturated/α-hetero) is 1.